The van der Waals surface area contributed by atoms with Crippen LogP contribution in [0.4, 0.5) is 15.5 Å². The Morgan fingerprint density at radius 1 is 1.19 bits per heavy atom. The van der Waals surface area contributed by atoms with Crippen molar-refractivity contribution < 1.29 is 23.5 Å². The number of benzene rings is 2. The van der Waals surface area contributed by atoms with E-state index in [1.165, 1.54) is 0 Å². The summed E-state index contributed by atoms with van der Waals surface area (Å²) >= 11 is 6.38. The maximum atomic E-state index is 15.6. The van der Waals surface area contributed by atoms with Crippen molar-refractivity contribution in [1.29, 1.82) is 0 Å². The van der Waals surface area contributed by atoms with Gasteiger partial charge in [-0.3, -0.25) is 9.59 Å². The minimum absolute atomic E-state index is 0.129. The summed E-state index contributed by atoms with van der Waals surface area (Å²) in [5.74, 6) is -0.516. The van der Waals surface area contributed by atoms with Crippen molar-refractivity contribution in [2.45, 2.75) is 63.1 Å². The molecule has 5 rings (SSSR count). The van der Waals surface area contributed by atoms with Crippen LogP contribution in [0.15, 0.2) is 42.5 Å². The first kappa shape index (κ1) is 25.4. The van der Waals surface area contributed by atoms with E-state index in [1.54, 1.807) is 35.0 Å². The summed E-state index contributed by atoms with van der Waals surface area (Å²) in [5, 5.41) is 10.2. The fourth-order valence-corrected chi connectivity index (χ4v) is 9.17. The molecule has 6 nitrogen and oxygen atoms in total. The maximum Gasteiger partial charge on any atom is 0.264 e. The van der Waals surface area contributed by atoms with Crippen LogP contribution < -0.4 is 9.80 Å². The van der Waals surface area contributed by atoms with Crippen LogP contribution in [-0.4, -0.2) is 44.6 Å². The summed E-state index contributed by atoms with van der Waals surface area (Å²) in [6.07, 6.45) is 1.15. The number of carbonyl (C=O) groups is 2. The van der Waals surface area contributed by atoms with Crippen LogP contribution in [0.25, 0.3) is 0 Å². The molecular weight excluding hydrogens is 499 g/mol. The van der Waals surface area contributed by atoms with Gasteiger partial charge < -0.3 is 23.8 Å². The molecule has 4 atom stereocenters. The first-order chi connectivity index (χ1) is 17.1. The number of fused-ring (bicyclic) bond motifs is 2. The van der Waals surface area contributed by atoms with E-state index in [2.05, 4.69) is 0 Å². The number of carbonyl (C=O) groups excluding carboxylic acids is 2. The Bertz CT molecular complexity index is 1190. The average Bonchev–Trinajstić information content (AvgIpc) is 3.44. The summed E-state index contributed by atoms with van der Waals surface area (Å²) in [6.45, 7) is 6.07. The number of hydrogen-bond acceptors (Lipinski definition) is 4. The molecular formula is C27H32ClFN2O4Si. The Kier molecular flexibility index (Phi) is 6.52. The van der Waals surface area contributed by atoms with Gasteiger partial charge in [0.05, 0.1) is 18.3 Å². The normalized spacial score (nSPS) is 28.0. The molecule has 2 aromatic rings. The van der Waals surface area contributed by atoms with E-state index >= 15 is 4.11 Å². The van der Waals surface area contributed by atoms with Crippen molar-refractivity contribution in [2.75, 3.05) is 23.0 Å². The van der Waals surface area contributed by atoms with Crippen LogP contribution in [0.3, 0.4) is 0 Å². The van der Waals surface area contributed by atoms with Gasteiger partial charge in [-0.25, -0.2) is 0 Å². The highest BCUT2D eigenvalue weighted by Crippen LogP contribution is 2.60. The van der Waals surface area contributed by atoms with Gasteiger partial charge in [0.15, 0.2) is 5.60 Å². The molecule has 0 unspecified atom stereocenters. The van der Waals surface area contributed by atoms with Crippen molar-refractivity contribution in [3.8, 4) is 0 Å². The van der Waals surface area contributed by atoms with Crippen LogP contribution in [0.1, 0.15) is 37.3 Å². The quantitative estimate of drug-likeness (QED) is 0.413. The van der Waals surface area contributed by atoms with Gasteiger partial charge in [-0.05, 0) is 61.8 Å². The van der Waals surface area contributed by atoms with Crippen LogP contribution in [-0.2, 0) is 26.5 Å². The van der Waals surface area contributed by atoms with Gasteiger partial charge in [-0.1, -0.05) is 30.7 Å². The van der Waals surface area contributed by atoms with Crippen LogP contribution in [0.2, 0.25) is 23.7 Å². The molecule has 3 heterocycles. The minimum Gasteiger partial charge on any atom is -0.396 e. The Morgan fingerprint density at radius 2 is 1.92 bits per heavy atom. The van der Waals surface area contributed by atoms with Crippen molar-refractivity contribution >= 4 is 43.2 Å². The molecule has 2 amide bonds. The molecule has 2 aromatic carbocycles. The van der Waals surface area contributed by atoms with Gasteiger partial charge in [0.25, 0.3) is 5.91 Å². The fourth-order valence-electron chi connectivity index (χ4n) is 6.46. The lowest BCUT2D eigenvalue weighted by Crippen LogP contribution is -2.45. The monoisotopic (exact) mass is 530 g/mol. The third kappa shape index (κ3) is 3.99. The molecule has 1 spiro atoms. The second-order valence-corrected chi connectivity index (χ2v) is 14.9. The Hall–Kier alpha value is -2.26. The summed E-state index contributed by atoms with van der Waals surface area (Å²) < 4.78 is 22.1. The second-order valence-electron chi connectivity index (χ2n) is 10.7. The van der Waals surface area contributed by atoms with E-state index in [9.17, 15) is 14.7 Å². The van der Waals surface area contributed by atoms with Crippen molar-refractivity contribution in [3.05, 3.63) is 58.6 Å². The predicted octanol–water partition coefficient (Wildman–Crippen LogP) is 5.17. The molecule has 0 bridgehead atoms. The van der Waals surface area contributed by atoms with Crippen molar-refractivity contribution in [2.24, 2.45) is 5.92 Å². The zero-order valence-electron chi connectivity index (χ0n) is 20.8. The third-order valence-corrected chi connectivity index (χ3v) is 10.7. The standard InChI is InChI=1S/C27H32ClFN2O4Si/c1-17-25(36(2,3)29)23(12-14-32)35-27(17)21-15-19(28)8-11-22(21)31(26(27)34)16-18-6-9-20(10-7-18)30-13-4-5-24(30)33/h6-11,15,17,23,25,32H,4-5,12-14,16H2,1-3H3/t17-,23+,25-,27+/m0/s1. The number of nitrogens with zero attached hydrogens (tertiary/aromatic N) is 2. The summed E-state index contributed by atoms with van der Waals surface area (Å²) in [5.41, 5.74) is 1.34. The zero-order valence-corrected chi connectivity index (χ0v) is 22.6. The molecule has 36 heavy (non-hydrogen) atoms. The van der Waals surface area contributed by atoms with Gasteiger partial charge in [0, 0.05) is 47.3 Å². The number of halogens is 2. The smallest absolute Gasteiger partial charge is 0.264 e. The lowest BCUT2D eigenvalue weighted by atomic mass is 9.82. The van der Waals surface area contributed by atoms with E-state index in [0.717, 1.165) is 24.2 Å². The Balaban J connectivity index is 1.50. The highest BCUT2D eigenvalue weighted by Gasteiger charge is 2.66. The second kappa shape index (κ2) is 9.24. The number of aliphatic hydroxyl groups is 1. The van der Waals surface area contributed by atoms with Crippen molar-refractivity contribution in [3.63, 3.8) is 0 Å². The molecule has 0 aromatic heterocycles. The van der Waals surface area contributed by atoms with Crippen molar-refractivity contribution in [1.82, 2.24) is 0 Å². The molecule has 0 saturated carbocycles. The molecule has 1 N–H and O–H groups in total. The predicted molar refractivity (Wildman–Crippen MR) is 140 cm³/mol. The van der Waals surface area contributed by atoms with E-state index in [4.69, 9.17) is 16.3 Å². The lowest BCUT2D eigenvalue weighted by Gasteiger charge is -2.31. The van der Waals surface area contributed by atoms with Gasteiger partial charge in [0.2, 0.25) is 14.3 Å². The number of aliphatic hydroxyl groups excluding tert-OH is 1. The first-order valence-electron chi connectivity index (χ1n) is 12.6. The zero-order chi connectivity index (χ0) is 25.8. The maximum absolute atomic E-state index is 15.6. The highest BCUT2D eigenvalue weighted by atomic mass is 35.5. The summed E-state index contributed by atoms with van der Waals surface area (Å²) in [4.78, 5) is 29.8. The Labute approximate surface area is 217 Å². The van der Waals surface area contributed by atoms with E-state index in [0.29, 0.717) is 29.2 Å². The van der Waals surface area contributed by atoms with Gasteiger partial charge >= 0.3 is 0 Å². The minimum atomic E-state index is -3.24. The van der Waals surface area contributed by atoms with E-state index < -0.39 is 31.6 Å². The number of ether oxygens (including phenoxy) is 1. The average molecular weight is 531 g/mol. The third-order valence-electron chi connectivity index (χ3n) is 8.00. The Morgan fingerprint density at radius 3 is 2.53 bits per heavy atom. The lowest BCUT2D eigenvalue weighted by molar-refractivity contribution is -0.146. The molecule has 0 radical (unpaired) electrons. The molecule has 2 fully saturated rings. The van der Waals surface area contributed by atoms with Gasteiger partial charge in [-0.15, -0.1) is 0 Å². The van der Waals surface area contributed by atoms with E-state index in [1.807, 2.05) is 37.3 Å². The highest BCUT2D eigenvalue weighted by molar-refractivity contribution is 6.72. The number of anilines is 2. The first-order valence-corrected chi connectivity index (χ1v) is 15.9. The molecule has 192 valence electrons. The number of amides is 2. The summed E-state index contributed by atoms with van der Waals surface area (Å²) in [6, 6.07) is 13.0. The molecule has 2 saturated heterocycles. The number of hydrogen-bond donors (Lipinski definition) is 1. The molecule has 3 aliphatic rings. The molecule has 0 aliphatic carbocycles. The molecule has 9 heteroatoms. The van der Waals surface area contributed by atoms with Crippen LogP contribution >= 0.6 is 11.6 Å². The fraction of sp³-hybridized carbons (Fsp3) is 0.481. The summed E-state index contributed by atoms with van der Waals surface area (Å²) in [7, 11) is -3.24. The largest absolute Gasteiger partial charge is 0.396 e. The molecule has 3 aliphatic heterocycles. The van der Waals surface area contributed by atoms with Gasteiger partial charge in [0.1, 0.15) is 0 Å². The van der Waals surface area contributed by atoms with Crippen LogP contribution in [0, 0.1) is 5.92 Å². The van der Waals surface area contributed by atoms with E-state index in [-0.39, 0.29) is 24.8 Å². The topological polar surface area (TPSA) is 70.1 Å². The van der Waals surface area contributed by atoms with Gasteiger partial charge in [-0.2, -0.15) is 0 Å². The number of rotatable bonds is 6. The SMILES string of the molecule is C[C@H]1[C@H]([Si](C)(C)F)[C@@H](CCO)O[C@]12C(=O)N(Cc1ccc(N3CCCC3=O)cc1)c1ccc(Cl)cc12. The van der Waals surface area contributed by atoms with Crippen LogP contribution in [0.5, 0.6) is 0 Å².